The quantitative estimate of drug-likeness (QED) is 0.761. The highest BCUT2D eigenvalue weighted by Gasteiger charge is 2.13. The molecule has 3 heteroatoms. The van der Waals surface area contributed by atoms with Crippen molar-refractivity contribution < 1.29 is 14.2 Å². The maximum Gasteiger partial charge on any atom is 0.133 e. The van der Waals surface area contributed by atoms with Crippen LogP contribution >= 0.6 is 0 Å². The van der Waals surface area contributed by atoms with Gasteiger partial charge in [-0.2, -0.15) is 0 Å². The van der Waals surface area contributed by atoms with Crippen LogP contribution in [0.25, 0.3) is 5.57 Å². The minimum absolute atomic E-state index is 0.703. The summed E-state index contributed by atoms with van der Waals surface area (Å²) in [4.78, 5) is 0. The predicted octanol–water partition coefficient (Wildman–Crippen LogP) is 2.75. The van der Waals surface area contributed by atoms with Crippen LogP contribution in [-0.4, -0.2) is 21.3 Å². The molecule has 0 aliphatic rings. The summed E-state index contributed by atoms with van der Waals surface area (Å²) in [7, 11) is 4.83. The molecule has 0 bridgehead atoms. The molecule has 0 unspecified atom stereocenters. The zero-order valence-electron chi connectivity index (χ0n) is 9.59. The van der Waals surface area contributed by atoms with Crippen LogP contribution in [0.5, 0.6) is 17.2 Å². The first-order valence-corrected chi connectivity index (χ1v) is 4.60. The normalized spacial score (nSPS) is 9.60. The molecule has 0 saturated heterocycles. The van der Waals surface area contributed by atoms with Crippen LogP contribution in [0.2, 0.25) is 0 Å². The number of rotatable bonds is 4. The van der Waals surface area contributed by atoms with Gasteiger partial charge in [0.1, 0.15) is 17.2 Å². The van der Waals surface area contributed by atoms with Crippen LogP contribution in [0.3, 0.4) is 0 Å². The summed E-state index contributed by atoms with van der Waals surface area (Å²) in [5.41, 5.74) is 1.77. The molecule has 0 saturated carbocycles. The topological polar surface area (TPSA) is 27.7 Å². The molecule has 0 aromatic heterocycles. The number of benzene rings is 1. The molecule has 3 nitrogen and oxygen atoms in total. The molecule has 0 heterocycles. The Hall–Kier alpha value is -1.64. The molecule has 1 rings (SSSR count). The molecular formula is C12H16O3. The summed E-state index contributed by atoms with van der Waals surface area (Å²) in [6.07, 6.45) is 0. The lowest BCUT2D eigenvalue weighted by Crippen LogP contribution is -1.96. The molecule has 0 N–H and O–H groups in total. The first-order valence-electron chi connectivity index (χ1n) is 4.60. The molecule has 0 fully saturated rings. The third-order valence-electron chi connectivity index (χ3n) is 2.14. The van der Waals surface area contributed by atoms with Crippen LogP contribution in [0.4, 0.5) is 0 Å². The van der Waals surface area contributed by atoms with E-state index in [4.69, 9.17) is 14.2 Å². The SMILES string of the molecule is C=C(C)c1c(OC)cc(OC)cc1OC. The molecule has 1 aromatic rings. The Labute approximate surface area is 90.3 Å². The van der Waals surface area contributed by atoms with Crippen LogP contribution in [-0.2, 0) is 0 Å². The van der Waals surface area contributed by atoms with Gasteiger partial charge in [-0.15, -0.1) is 0 Å². The minimum atomic E-state index is 0.703. The molecule has 0 radical (unpaired) electrons. The Kier molecular flexibility index (Phi) is 3.61. The molecule has 1 aromatic carbocycles. The fraction of sp³-hybridized carbons (Fsp3) is 0.333. The van der Waals surface area contributed by atoms with E-state index >= 15 is 0 Å². The first kappa shape index (κ1) is 11.4. The maximum absolute atomic E-state index is 5.27. The van der Waals surface area contributed by atoms with Crippen molar-refractivity contribution >= 4 is 5.57 Å². The number of methoxy groups -OCH3 is 3. The second-order valence-corrected chi connectivity index (χ2v) is 3.19. The maximum atomic E-state index is 5.27. The number of hydrogen-bond donors (Lipinski definition) is 0. The fourth-order valence-corrected chi connectivity index (χ4v) is 1.43. The summed E-state index contributed by atoms with van der Waals surface area (Å²) in [6, 6.07) is 3.62. The van der Waals surface area contributed by atoms with E-state index in [0.29, 0.717) is 17.2 Å². The van der Waals surface area contributed by atoms with E-state index in [1.807, 2.05) is 19.1 Å². The zero-order chi connectivity index (χ0) is 11.4. The van der Waals surface area contributed by atoms with E-state index in [9.17, 15) is 0 Å². The van der Waals surface area contributed by atoms with E-state index in [1.54, 1.807) is 21.3 Å². The fourth-order valence-electron chi connectivity index (χ4n) is 1.43. The summed E-state index contributed by atoms with van der Waals surface area (Å²) < 4.78 is 15.7. The van der Waals surface area contributed by atoms with Crippen LogP contribution in [0.1, 0.15) is 12.5 Å². The second kappa shape index (κ2) is 4.73. The summed E-state index contributed by atoms with van der Waals surface area (Å²) >= 11 is 0. The molecule has 15 heavy (non-hydrogen) atoms. The van der Waals surface area contributed by atoms with E-state index in [1.165, 1.54) is 0 Å². The average molecular weight is 208 g/mol. The number of hydrogen-bond acceptors (Lipinski definition) is 3. The van der Waals surface area contributed by atoms with Crippen LogP contribution in [0, 0.1) is 0 Å². The van der Waals surface area contributed by atoms with E-state index < -0.39 is 0 Å². The van der Waals surface area contributed by atoms with Gasteiger partial charge in [0.25, 0.3) is 0 Å². The lowest BCUT2D eigenvalue weighted by molar-refractivity contribution is 0.373. The van der Waals surface area contributed by atoms with Gasteiger partial charge in [0.2, 0.25) is 0 Å². The highest BCUT2D eigenvalue weighted by atomic mass is 16.5. The van der Waals surface area contributed by atoms with Crippen LogP contribution < -0.4 is 14.2 Å². The van der Waals surface area contributed by atoms with Crippen molar-refractivity contribution in [3.05, 3.63) is 24.3 Å². The second-order valence-electron chi connectivity index (χ2n) is 3.19. The van der Waals surface area contributed by atoms with Crippen molar-refractivity contribution in [2.45, 2.75) is 6.92 Å². The van der Waals surface area contributed by atoms with Gasteiger partial charge < -0.3 is 14.2 Å². The lowest BCUT2D eigenvalue weighted by atomic mass is 10.1. The van der Waals surface area contributed by atoms with E-state index in [0.717, 1.165) is 11.1 Å². The van der Waals surface area contributed by atoms with Crippen LogP contribution in [0.15, 0.2) is 18.7 Å². The Balaban J connectivity index is 3.39. The lowest BCUT2D eigenvalue weighted by Gasteiger charge is -2.14. The Morgan fingerprint density at radius 3 is 1.73 bits per heavy atom. The minimum Gasteiger partial charge on any atom is -0.496 e. The standard InChI is InChI=1S/C12H16O3/c1-8(2)12-10(14-4)6-9(13-3)7-11(12)15-5/h6-7H,1H2,2-5H3. The van der Waals surface area contributed by atoms with Crippen molar-refractivity contribution in [3.8, 4) is 17.2 Å². The highest BCUT2D eigenvalue weighted by Crippen LogP contribution is 2.37. The first-order chi connectivity index (χ1) is 7.13. The molecule has 0 aliphatic heterocycles. The Morgan fingerprint density at radius 2 is 1.47 bits per heavy atom. The van der Waals surface area contributed by atoms with Crippen molar-refractivity contribution in [2.75, 3.05) is 21.3 Å². The van der Waals surface area contributed by atoms with E-state index in [2.05, 4.69) is 6.58 Å². The van der Waals surface area contributed by atoms with Gasteiger partial charge >= 0.3 is 0 Å². The Morgan fingerprint density at radius 1 is 1.00 bits per heavy atom. The zero-order valence-corrected chi connectivity index (χ0v) is 9.59. The largest absolute Gasteiger partial charge is 0.496 e. The number of ether oxygens (including phenoxy) is 3. The monoisotopic (exact) mass is 208 g/mol. The summed E-state index contributed by atoms with van der Waals surface area (Å²) in [5, 5.41) is 0. The van der Waals surface area contributed by atoms with Gasteiger partial charge in [-0.25, -0.2) is 0 Å². The molecule has 0 aliphatic carbocycles. The number of allylic oxidation sites excluding steroid dienone is 1. The van der Waals surface area contributed by atoms with Crippen molar-refractivity contribution in [1.82, 2.24) is 0 Å². The highest BCUT2D eigenvalue weighted by molar-refractivity contribution is 5.74. The molecule has 0 atom stereocenters. The molecular weight excluding hydrogens is 192 g/mol. The van der Waals surface area contributed by atoms with Gasteiger partial charge in [-0.05, 0) is 12.5 Å². The van der Waals surface area contributed by atoms with Crippen molar-refractivity contribution in [2.24, 2.45) is 0 Å². The predicted molar refractivity (Wildman–Crippen MR) is 60.8 cm³/mol. The van der Waals surface area contributed by atoms with E-state index in [-0.39, 0.29) is 0 Å². The van der Waals surface area contributed by atoms with Gasteiger partial charge in [-0.3, -0.25) is 0 Å². The summed E-state index contributed by atoms with van der Waals surface area (Å²) in [6.45, 7) is 5.81. The Bertz CT molecular complexity index is 344. The third kappa shape index (κ3) is 2.24. The molecule has 0 amide bonds. The van der Waals surface area contributed by atoms with Gasteiger partial charge in [0, 0.05) is 12.1 Å². The van der Waals surface area contributed by atoms with Crippen molar-refractivity contribution in [3.63, 3.8) is 0 Å². The van der Waals surface area contributed by atoms with Crippen molar-refractivity contribution in [1.29, 1.82) is 0 Å². The molecule has 82 valence electrons. The molecule has 0 spiro atoms. The third-order valence-corrected chi connectivity index (χ3v) is 2.14. The van der Waals surface area contributed by atoms with Gasteiger partial charge in [-0.1, -0.05) is 6.58 Å². The van der Waals surface area contributed by atoms with Gasteiger partial charge in [0.15, 0.2) is 0 Å². The average Bonchev–Trinajstić information content (AvgIpc) is 2.26. The summed E-state index contributed by atoms with van der Waals surface area (Å²) in [5.74, 6) is 2.12. The van der Waals surface area contributed by atoms with Gasteiger partial charge in [0.05, 0.1) is 26.9 Å². The smallest absolute Gasteiger partial charge is 0.133 e.